The summed E-state index contributed by atoms with van der Waals surface area (Å²) in [4.78, 5) is 25.6. The average Bonchev–Trinajstić information content (AvgIpc) is 3.17. The third kappa shape index (κ3) is 7.43. The lowest BCUT2D eigenvalue weighted by molar-refractivity contribution is -0.111. The van der Waals surface area contributed by atoms with Gasteiger partial charge in [-0.3, -0.25) is 4.79 Å². The number of hydrogen-bond acceptors (Lipinski definition) is 6. The van der Waals surface area contributed by atoms with Gasteiger partial charge in [0, 0.05) is 11.0 Å². The molecule has 0 atom stereocenters. The van der Waals surface area contributed by atoms with Crippen molar-refractivity contribution in [2.45, 2.75) is 47.0 Å². The lowest BCUT2D eigenvalue weighted by Crippen LogP contribution is -2.11. The molecule has 0 saturated heterocycles. The third-order valence-corrected chi connectivity index (χ3v) is 5.51. The van der Waals surface area contributed by atoms with Gasteiger partial charge in [-0.2, -0.15) is 0 Å². The highest BCUT2D eigenvalue weighted by atomic mass is 32.1. The van der Waals surface area contributed by atoms with Gasteiger partial charge < -0.3 is 19.5 Å². The van der Waals surface area contributed by atoms with Gasteiger partial charge in [-0.1, -0.05) is 26.3 Å². The summed E-state index contributed by atoms with van der Waals surface area (Å²) in [5.41, 5.74) is 1.20. The zero-order chi connectivity index (χ0) is 22.6. The first kappa shape index (κ1) is 24.5. The van der Waals surface area contributed by atoms with Crippen LogP contribution < -0.4 is 14.8 Å². The van der Waals surface area contributed by atoms with Crippen LogP contribution in [0.15, 0.2) is 30.3 Å². The smallest absolute Gasteiger partial charge is 0.341 e. The third-order valence-electron chi connectivity index (χ3n) is 4.31. The maximum absolute atomic E-state index is 12.5. The molecule has 7 heteroatoms. The topological polar surface area (TPSA) is 73.9 Å². The summed E-state index contributed by atoms with van der Waals surface area (Å²) in [6, 6.07) is 7.34. The number of unbranched alkanes of at least 4 members (excludes halogenated alkanes) is 1. The Morgan fingerprint density at radius 2 is 1.84 bits per heavy atom. The zero-order valence-electron chi connectivity index (χ0n) is 18.7. The summed E-state index contributed by atoms with van der Waals surface area (Å²) in [6.07, 6.45) is 5.94. The number of hydrogen-bond donors (Lipinski definition) is 1. The minimum Gasteiger partial charge on any atom is -0.490 e. The molecule has 1 amide bonds. The summed E-state index contributed by atoms with van der Waals surface area (Å²) < 4.78 is 16.6. The predicted molar refractivity (Wildman–Crippen MR) is 125 cm³/mol. The first-order valence-electron chi connectivity index (χ1n) is 10.7. The molecule has 0 saturated carbocycles. The maximum Gasteiger partial charge on any atom is 0.341 e. The number of ether oxygens (including phenoxy) is 3. The molecule has 0 fully saturated rings. The van der Waals surface area contributed by atoms with E-state index >= 15 is 0 Å². The van der Waals surface area contributed by atoms with E-state index in [1.54, 1.807) is 19.1 Å². The Morgan fingerprint density at radius 3 is 2.52 bits per heavy atom. The van der Waals surface area contributed by atoms with Gasteiger partial charge >= 0.3 is 5.97 Å². The van der Waals surface area contributed by atoms with Crippen molar-refractivity contribution in [3.63, 3.8) is 0 Å². The molecule has 6 nitrogen and oxygen atoms in total. The van der Waals surface area contributed by atoms with Crippen molar-refractivity contribution in [1.29, 1.82) is 0 Å². The van der Waals surface area contributed by atoms with Crippen molar-refractivity contribution in [3.05, 3.63) is 46.3 Å². The van der Waals surface area contributed by atoms with E-state index < -0.39 is 5.97 Å². The molecule has 31 heavy (non-hydrogen) atoms. The van der Waals surface area contributed by atoms with E-state index in [2.05, 4.69) is 12.2 Å². The summed E-state index contributed by atoms with van der Waals surface area (Å²) >= 11 is 1.38. The molecule has 1 aromatic carbocycles. The molecule has 0 spiro atoms. The first-order valence-corrected chi connectivity index (χ1v) is 11.5. The lowest BCUT2D eigenvalue weighted by Gasteiger charge is -2.12. The van der Waals surface area contributed by atoms with Crippen LogP contribution in [0.5, 0.6) is 11.5 Å². The average molecular weight is 446 g/mol. The Balaban J connectivity index is 2.11. The number of aryl methyl sites for hydroxylation is 1. The second-order valence-electron chi connectivity index (χ2n) is 6.69. The monoisotopic (exact) mass is 445 g/mol. The molecule has 1 heterocycles. The number of esters is 1. The summed E-state index contributed by atoms with van der Waals surface area (Å²) in [5.74, 6) is 0.590. The Hall–Kier alpha value is -2.80. The van der Waals surface area contributed by atoms with Crippen LogP contribution in [-0.4, -0.2) is 31.7 Å². The standard InChI is InChI=1S/C24H31NO5S/c1-5-9-14-30-20-12-10-17(15-21(20)28-7-3)11-13-22(26)25-23-19(24(27)29-8-4)16-18(6-2)31-23/h10-13,15-16H,5-9,14H2,1-4H3,(H,25,26)/b13-11+. The highest BCUT2D eigenvalue weighted by Gasteiger charge is 2.18. The number of carbonyl (C=O) groups excluding carboxylic acids is 2. The van der Waals surface area contributed by atoms with Gasteiger partial charge in [0.2, 0.25) is 5.91 Å². The number of nitrogens with one attached hydrogen (secondary N) is 1. The molecule has 0 radical (unpaired) electrons. The zero-order valence-corrected chi connectivity index (χ0v) is 19.5. The molecule has 1 N–H and O–H groups in total. The van der Waals surface area contributed by atoms with Gasteiger partial charge in [-0.25, -0.2) is 4.79 Å². The van der Waals surface area contributed by atoms with Crippen molar-refractivity contribution in [1.82, 2.24) is 0 Å². The molecule has 0 bridgehead atoms. The van der Waals surface area contributed by atoms with Crippen LogP contribution in [0.4, 0.5) is 5.00 Å². The minimum atomic E-state index is -0.433. The van der Waals surface area contributed by atoms with Crippen LogP contribution in [0.1, 0.15) is 61.3 Å². The Morgan fingerprint density at radius 1 is 1.03 bits per heavy atom. The van der Waals surface area contributed by atoms with Crippen molar-refractivity contribution in [2.75, 3.05) is 25.1 Å². The number of amides is 1. The van der Waals surface area contributed by atoms with Gasteiger partial charge in [0.25, 0.3) is 0 Å². The fourth-order valence-electron chi connectivity index (χ4n) is 2.74. The number of anilines is 1. The van der Waals surface area contributed by atoms with E-state index in [4.69, 9.17) is 14.2 Å². The quantitative estimate of drug-likeness (QED) is 0.257. The van der Waals surface area contributed by atoms with E-state index in [0.29, 0.717) is 35.3 Å². The molecular formula is C24H31NO5S. The SMILES string of the molecule is CCCCOc1ccc(/C=C/C(=O)Nc2sc(CC)cc2C(=O)OCC)cc1OCC. The van der Waals surface area contributed by atoms with Crippen LogP contribution in [0, 0.1) is 0 Å². The molecule has 0 unspecified atom stereocenters. The molecule has 168 valence electrons. The second kappa shape index (κ2) is 12.8. The van der Waals surface area contributed by atoms with Gasteiger partial charge in [0.05, 0.1) is 25.4 Å². The molecule has 0 aliphatic rings. The van der Waals surface area contributed by atoms with Crippen LogP contribution in [0.3, 0.4) is 0 Å². The van der Waals surface area contributed by atoms with E-state index in [-0.39, 0.29) is 12.5 Å². The van der Waals surface area contributed by atoms with Crippen molar-refractivity contribution >= 4 is 34.3 Å². The van der Waals surface area contributed by atoms with Crippen LogP contribution in [0.25, 0.3) is 6.08 Å². The van der Waals surface area contributed by atoms with E-state index in [0.717, 1.165) is 29.7 Å². The van der Waals surface area contributed by atoms with Crippen molar-refractivity contribution in [3.8, 4) is 11.5 Å². The van der Waals surface area contributed by atoms with Gasteiger partial charge in [-0.15, -0.1) is 11.3 Å². The van der Waals surface area contributed by atoms with Gasteiger partial charge in [0.15, 0.2) is 11.5 Å². The highest BCUT2D eigenvalue weighted by Crippen LogP contribution is 2.30. The summed E-state index contributed by atoms with van der Waals surface area (Å²) in [5, 5.41) is 3.30. The minimum absolute atomic E-state index is 0.281. The fraction of sp³-hybridized carbons (Fsp3) is 0.417. The van der Waals surface area contributed by atoms with E-state index in [9.17, 15) is 9.59 Å². The largest absolute Gasteiger partial charge is 0.490 e. The van der Waals surface area contributed by atoms with E-state index in [1.165, 1.54) is 17.4 Å². The molecule has 0 aliphatic carbocycles. The first-order chi connectivity index (χ1) is 15.0. The Labute approximate surface area is 188 Å². The molecule has 0 aliphatic heterocycles. The van der Waals surface area contributed by atoms with E-state index in [1.807, 2.05) is 32.0 Å². The number of carbonyl (C=O) groups is 2. The van der Waals surface area contributed by atoms with Gasteiger partial charge in [-0.05, 0) is 56.5 Å². The number of benzene rings is 1. The Kier molecular flexibility index (Phi) is 10.1. The summed E-state index contributed by atoms with van der Waals surface area (Å²) in [7, 11) is 0. The summed E-state index contributed by atoms with van der Waals surface area (Å²) in [6.45, 7) is 9.22. The van der Waals surface area contributed by atoms with Gasteiger partial charge in [0.1, 0.15) is 5.00 Å². The van der Waals surface area contributed by atoms with Crippen LogP contribution in [-0.2, 0) is 16.0 Å². The van der Waals surface area contributed by atoms with Crippen molar-refractivity contribution < 1.29 is 23.8 Å². The normalized spacial score (nSPS) is 10.8. The maximum atomic E-state index is 12.5. The highest BCUT2D eigenvalue weighted by molar-refractivity contribution is 7.16. The molecule has 2 aromatic rings. The van der Waals surface area contributed by atoms with Crippen molar-refractivity contribution in [2.24, 2.45) is 0 Å². The molecule has 1 aromatic heterocycles. The molecular weight excluding hydrogens is 414 g/mol. The predicted octanol–water partition coefficient (Wildman–Crippen LogP) is 5.72. The second-order valence-corrected chi connectivity index (χ2v) is 7.83. The fourth-order valence-corrected chi connectivity index (χ4v) is 3.72. The Bertz CT molecular complexity index is 903. The molecule has 2 rings (SSSR count). The van der Waals surface area contributed by atoms with Crippen LogP contribution >= 0.6 is 11.3 Å². The van der Waals surface area contributed by atoms with Crippen LogP contribution in [0.2, 0.25) is 0 Å². The lowest BCUT2D eigenvalue weighted by atomic mass is 10.2. The number of thiophene rings is 1. The number of rotatable bonds is 12.